The summed E-state index contributed by atoms with van der Waals surface area (Å²) in [5.74, 6) is -1.11. The Balaban J connectivity index is 3.20. The molecule has 0 spiro atoms. The molecule has 0 heterocycles. The minimum Gasteiger partial charge on any atom is -0.478 e. The lowest BCUT2D eigenvalue weighted by Gasteiger charge is -2.21. The zero-order valence-corrected chi connectivity index (χ0v) is 12.6. The van der Waals surface area contributed by atoms with Crippen molar-refractivity contribution < 1.29 is 18.3 Å². The molecular weight excluding hydrogens is 322 g/mol. The number of carboxylic acid groups (broad SMARTS) is 1. The van der Waals surface area contributed by atoms with Gasteiger partial charge in [-0.2, -0.15) is 0 Å². The van der Waals surface area contributed by atoms with E-state index in [4.69, 9.17) is 5.11 Å². The lowest BCUT2D eigenvalue weighted by Crippen LogP contribution is -2.33. The van der Waals surface area contributed by atoms with Crippen molar-refractivity contribution >= 4 is 37.6 Å². The number of sulfonamides is 1. The van der Waals surface area contributed by atoms with Crippen LogP contribution in [0.3, 0.4) is 0 Å². The van der Waals surface area contributed by atoms with Gasteiger partial charge in [0.1, 0.15) is 0 Å². The summed E-state index contributed by atoms with van der Waals surface area (Å²) in [4.78, 5) is 10.8. The van der Waals surface area contributed by atoms with Crippen molar-refractivity contribution in [3.05, 3.63) is 28.2 Å². The largest absolute Gasteiger partial charge is 0.478 e. The third-order valence-corrected chi connectivity index (χ3v) is 5.06. The van der Waals surface area contributed by atoms with E-state index in [1.54, 1.807) is 20.8 Å². The van der Waals surface area contributed by atoms with Gasteiger partial charge in [0.15, 0.2) is 0 Å². The Kier molecular flexibility index (Phi) is 4.07. The Hall–Kier alpha value is -1.08. The third kappa shape index (κ3) is 3.23. The van der Waals surface area contributed by atoms with Crippen molar-refractivity contribution in [2.45, 2.75) is 25.5 Å². The zero-order valence-electron chi connectivity index (χ0n) is 10.2. The fourth-order valence-electron chi connectivity index (χ4n) is 1.03. The van der Waals surface area contributed by atoms with Crippen molar-refractivity contribution in [3.8, 4) is 0 Å². The van der Waals surface area contributed by atoms with Gasteiger partial charge in [0, 0.05) is 4.47 Å². The molecule has 1 rings (SSSR count). The highest BCUT2D eigenvalue weighted by Crippen LogP contribution is 2.27. The monoisotopic (exact) mass is 335 g/mol. The topological polar surface area (TPSA) is 83.5 Å². The molecule has 0 atom stereocenters. The van der Waals surface area contributed by atoms with Gasteiger partial charge >= 0.3 is 5.97 Å². The van der Waals surface area contributed by atoms with Gasteiger partial charge in [-0.15, -0.1) is 0 Å². The summed E-state index contributed by atoms with van der Waals surface area (Å²) in [5, 5.41) is 8.87. The van der Waals surface area contributed by atoms with Gasteiger partial charge in [-0.25, -0.2) is 13.2 Å². The van der Waals surface area contributed by atoms with Crippen LogP contribution in [-0.4, -0.2) is 24.2 Å². The third-order valence-electron chi connectivity index (χ3n) is 2.26. The Morgan fingerprint density at radius 2 is 1.89 bits per heavy atom. The number of carbonyl (C=O) groups is 1. The Bertz CT molecular complexity index is 575. The highest BCUT2D eigenvalue weighted by Gasteiger charge is 2.29. The summed E-state index contributed by atoms with van der Waals surface area (Å²) in [7, 11) is -3.59. The van der Waals surface area contributed by atoms with Crippen LogP contribution in [0.2, 0.25) is 0 Å². The second-order valence-corrected chi connectivity index (χ2v) is 8.01. The molecule has 0 aliphatic heterocycles. The zero-order chi connectivity index (χ0) is 14.1. The molecule has 0 aliphatic rings. The first-order chi connectivity index (χ1) is 8.04. The molecule has 0 amide bonds. The molecule has 0 radical (unpaired) electrons. The van der Waals surface area contributed by atoms with Crippen LogP contribution in [-0.2, 0) is 10.0 Å². The Morgan fingerprint density at radius 3 is 2.33 bits per heavy atom. The summed E-state index contributed by atoms with van der Waals surface area (Å²) in [5.41, 5.74) is 0.231. The van der Waals surface area contributed by atoms with Crippen LogP contribution in [0.5, 0.6) is 0 Å². The second kappa shape index (κ2) is 4.89. The number of hydrogen-bond donors (Lipinski definition) is 2. The average Bonchev–Trinajstić information content (AvgIpc) is 2.18. The number of benzene rings is 1. The summed E-state index contributed by atoms with van der Waals surface area (Å²) in [6.45, 7) is 4.68. The van der Waals surface area contributed by atoms with Crippen LogP contribution in [0.15, 0.2) is 22.7 Å². The van der Waals surface area contributed by atoms with Crippen molar-refractivity contribution in [1.29, 1.82) is 0 Å². The lowest BCUT2D eigenvalue weighted by atomic mass is 10.2. The summed E-state index contributed by atoms with van der Waals surface area (Å²) in [6.07, 6.45) is 0. The van der Waals surface area contributed by atoms with Crippen LogP contribution >= 0.6 is 15.9 Å². The maximum atomic E-state index is 12.0. The van der Waals surface area contributed by atoms with Gasteiger partial charge in [0.25, 0.3) is 0 Å². The molecule has 0 fully saturated rings. The smallest absolute Gasteiger partial charge is 0.335 e. The molecule has 0 unspecified atom stereocenters. The van der Waals surface area contributed by atoms with Crippen molar-refractivity contribution in [2.75, 3.05) is 4.72 Å². The maximum Gasteiger partial charge on any atom is 0.335 e. The summed E-state index contributed by atoms with van der Waals surface area (Å²) >= 11 is 3.18. The van der Waals surface area contributed by atoms with Gasteiger partial charge in [-0.1, -0.05) is 0 Å². The average molecular weight is 336 g/mol. The molecule has 0 aromatic heterocycles. The predicted molar refractivity (Wildman–Crippen MR) is 73.4 cm³/mol. The van der Waals surface area contributed by atoms with Gasteiger partial charge < -0.3 is 5.11 Å². The van der Waals surface area contributed by atoms with Crippen LogP contribution in [0.25, 0.3) is 0 Å². The van der Waals surface area contributed by atoms with Crippen molar-refractivity contribution in [3.63, 3.8) is 0 Å². The molecule has 2 N–H and O–H groups in total. The van der Waals surface area contributed by atoms with E-state index >= 15 is 0 Å². The molecule has 0 saturated heterocycles. The fourth-order valence-corrected chi connectivity index (χ4v) is 2.28. The molecular formula is C11H14BrNO4S. The normalized spacial score (nSPS) is 12.2. The molecule has 0 saturated carbocycles. The number of rotatable bonds is 3. The summed E-state index contributed by atoms with van der Waals surface area (Å²) in [6, 6.07) is 4.15. The highest BCUT2D eigenvalue weighted by atomic mass is 79.9. The second-order valence-electron chi connectivity index (χ2n) is 4.72. The van der Waals surface area contributed by atoms with E-state index in [0.717, 1.165) is 0 Å². The van der Waals surface area contributed by atoms with Crippen molar-refractivity contribution in [2.24, 2.45) is 0 Å². The number of aromatic carboxylic acids is 1. The van der Waals surface area contributed by atoms with E-state index in [9.17, 15) is 13.2 Å². The van der Waals surface area contributed by atoms with E-state index < -0.39 is 20.7 Å². The molecule has 0 aliphatic carbocycles. The number of hydrogen-bond acceptors (Lipinski definition) is 3. The number of halogens is 1. The molecule has 100 valence electrons. The molecule has 18 heavy (non-hydrogen) atoms. The molecule has 7 heteroatoms. The van der Waals surface area contributed by atoms with Crippen LogP contribution < -0.4 is 4.72 Å². The minimum atomic E-state index is -3.59. The van der Waals surface area contributed by atoms with E-state index in [1.807, 2.05) is 0 Å². The number of carboxylic acids is 1. The highest BCUT2D eigenvalue weighted by molar-refractivity contribution is 9.10. The fraction of sp³-hybridized carbons (Fsp3) is 0.364. The SMILES string of the molecule is CC(C)(C)S(=O)(=O)Nc1cc(C(=O)O)ccc1Br. The standard InChI is InChI=1S/C11H14BrNO4S/c1-11(2,3)18(16,17)13-9-6-7(10(14)15)4-5-8(9)12/h4-6,13H,1-3H3,(H,14,15). The van der Waals surface area contributed by atoms with E-state index in [0.29, 0.717) is 4.47 Å². The molecule has 5 nitrogen and oxygen atoms in total. The quantitative estimate of drug-likeness (QED) is 0.889. The van der Waals surface area contributed by atoms with E-state index in [2.05, 4.69) is 20.7 Å². The maximum absolute atomic E-state index is 12.0. The van der Waals surface area contributed by atoms with Gasteiger partial charge in [-0.3, -0.25) is 4.72 Å². The number of anilines is 1. The first-order valence-corrected chi connectivity index (χ1v) is 7.37. The first kappa shape index (κ1) is 15.0. The summed E-state index contributed by atoms with van der Waals surface area (Å²) < 4.78 is 25.8. The lowest BCUT2D eigenvalue weighted by molar-refractivity contribution is 0.0697. The molecule has 1 aromatic carbocycles. The molecule has 0 bridgehead atoms. The first-order valence-electron chi connectivity index (χ1n) is 5.10. The number of nitrogens with one attached hydrogen (secondary N) is 1. The van der Waals surface area contributed by atoms with Crippen molar-refractivity contribution in [1.82, 2.24) is 0 Å². The minimum absolute atomic E-state index is 0.0183. The van der Waals surface area contributed by atoms with E-state index in [1.165, 1.54) is 18.2 Å². The van der Waals surface area contributed by atoms with Crippen LogP contribution in [0, 0.1) is 0 Å². The Morgan fingerprint density at radius 1 is 1.33 bits per heavy atom. The van der Waals surface area contributed by atoms with Gasteiger partial charge in [-0.05, 0) is 54.9 Å². The predicted octanol–water partition coefficient (Wildman–Crippen LogP) is 2.69. The van der Waals surface area contributed by atoms with Gasteiger partial charge in [0.2, 0.25) is 10.0 Å². The van der Waals surface area contributed by atoms with Gasteiger partial charge in [0.05, 0.1) is 16.0 Å². The Labute approximate surface area is 114 Å². The van der Waals surface area contributed by atoms with Crippen LogP contribution in [0.1, 0.15) is 31.1 Å². The van der Waals surface area contributed by atoms with Crippen LogP contribution in [0.4, 0.5) is 5.69 Å². The molecule has 1 aromatic rings. The van der Waals surface area contributed by atoms with E-state index in [-0.39, 0.29) is 11.3 Å².